The highest BCUT2D eigenvalue weighted by atomic mass is 16.5. The molecule has 1 aliphatic carbocycles. The first-order valence-electron chi connectivity index (χ1n) is 10.2. The van der Waals surface area contributed by atoms with Gasteiger partial charge in [0.15, 0.2) is 5.78 Å². The van der Waals surface area contributed by atoms with E-state index in [0.717, 1.165) is 22.3 Å². The normalized spacial score (nSPS) is 13.0. The highest BCUT2D eigenvalue weighted by molar-refractivity contribution is 6.09. The first-order valence-corrected chi connectivity index (χ1v) is 10.2. The number of fused-ring (bicyclic) bond motifs is 3. The van der Waals surface area contributed by atoms with Gasteiger partial charge >= 0.3 is 12.1 Å². The second kappa shape index (κ2) is 8.55. The number of nitrogen functional groups attached to an aromatic ring is 1. The van der Waals surface area contributed by atoms with Gasteiger partial charge in [0.25, 0.3) is 0 Å². The van der Waals surface area contributed by atoms with Gasteiger partial charge in [0.05, 0.1) is 11.6 Å². The van der Waals surface area contributed by atoms with Crippen molar-refractivity contribution in [2.24, 2.45) is 0 Å². The van der Waals surface area contributed by atoms with Crippen molar-refractivity contribution in [1.29, 1.82) is 0 Å². The Balaban J connectivity index is 1.45. The first kappa shape index (κ1) is 21.1. The van der Waals surface area contributed by atoms with Crippen molar-refractivity contribution in [1.82, 2.24) is 5.32 Å². The number of amides is 1. The van der Waals surface area contributed by atoms with E-state index in [9.17, 15) is 19.5 Å². The monoisotopic (exact) mass is 430 g/mol. The molecule has 32 heavy (non-hydrogen) atoms. The molecule has 0 bridgehead atoms. The van der Waals surface area contributed by atoms with Crippen LogP contribution >= 0.6 is 0 Å². The number of benzene rings is 3. The number of nitrogens with two attached hydrogens (primary N) is 1. The predicted molar refractivity (Wildman–Crippen MR) is 120 cm³/mol. The van der Waals surface area contributed by atoms with Gasteiger partial charge in [-0.25, -0.2) is 9.59 Å². The molecule has 1 unspecified atom stereocenters. The number of hydrogen-bond acceptors (Lipinski definition) is 5. The van der Waals surface area contributed by atoms with E-state index < -0.39 is 23.9 Å². The zero-order valence-corrected chi connectivity index (χ0v) is 17.4. The third-order valence-electron chi connectivity index (χ3n) is 5.61. The minimum atomic E-state index is -1.25. The number of carbonyl (C=O) groups is 3. The summed E-state index contributed by atoms with van der Waals surface area (Å²) in [4.78, 5) is 36.6. The van der Waals surface area contributed by atoms with Gasteiger partial charge in [-0.2, -0.15) is 0 Å². The Labute approximate surface area is 184 Å². The molecule has 1 atom stereocenters. The minimum Gasteiger partial charge on any atom is -0.478 e. The fourth-order valence-corrected chi connectivity index (χ4v) is 4.07. The summed E-state index contributed by atoms with van der Waals surface area (Å²) < 4.78 is 5.45. The quantitative estimate of drug-likeness (QED) is 0.401. The molecule has 1 amide bonds. The van der Waals surface area contributed by atoms with Crippen LogP contribution in [0.25, 0.3) is 11.1 Å². The highest BCUT2D eigenvalue weighted by Crippen LogP contribution is 2.44. The van der Waals surface area contributed by atoms with Crippen molar-refractivity contribution in [2.75, 3.05) is 12.3 Å². The Morgan fingerprint density at radius 2 is 1.56 bits per heavy atom. The number of ether oxygens (including phenoxy) is 1. The summed E-state index contributed by atoms with van der Waals surface area (Å²) in [6.45, 7) is 1.58. The lowest BCUT2D eigenvalue weighted by molar-refractivity contribution is 0.0691. The molecule has 0 aliphatic heterocycles. The lowest BCUT2D eigenvalue weighted by atomic mass is 9.98. The van der Waals surface area contributed by atoms with Gasteiger partial charge in [-0.1, -0.05) is 48.5 Å². The summed E-state index contributed by atoms with van der Waals surface area (Å²) >= 11 is 0. The van der Waals surface area contributed by atoms with Crippen LogP contribution in [-0.4, -0.2) is 35.6 Å². The molecule has 0 radical (unpaired) electrons. The summed E-state index contributed by atoms with van der Waals surface area (Å²) in [6.07, 6.45) is -0.756. The van der Waals surface area contributed by atoms with E-state index in [1.54, 1.807) is 0 Å². The molecule has 7 heteroatoms. The fourth-order valence-electron chi connectivity index (χ4n) is 4.07. The van der Waals surface area contributed by atoms with Crippen molar-refractivity contribution in [3.05, 3.63) is 89.0 Å². The second-order valence-corrected chi connectivity index (χ2v) is 7.67. The Hall–Kier alpha value is -4.13. The molecular formula is C25H22N2O5. The molecule has 162 valence electrons. The molecule has 3 aromatic carbocycles. The fraction of sp³-hybridized carbons (Fsp3) is 0.160. The molecular weight excluding hydrogens is 408 g/mol. The summed E-state index contributed by atoms with van der Waals surface area (Å²) in [7, 11) is 0. The summed E-state index contributed by atoms with van der Waals surface area (Å²) in [6, 6.07) is 18.9. The largest absolute Gasteiger partial charge is 0.478 e. The van der Waals surface area contributed by atoms with Gasteiger partial charge in [-0.05, 0) is 47.4 Å². The number of Topliss-reactive ketones (excluding diaryl/α,β-unsaturated/α-hetero) is 1. The standard InChI is InChI=1S/C25H22N2O5/c1-14(23(28)21-12-15(26)10-11-20(21)24(29)30)27-25(31)32-13-22-18-8-4-2-6-16(18)17-7-3-5-9-19(17)22/h2-12,14,22H,13,26H2,1H3,(H,27,31)(H,29,30). The summed E-state index contributed by atoms with van der Waals surface area (Å²) in [5.41, 5.74) is 10.1. The van der Waals surface area contributed by atoms with E-state index in [1.165, 1.54) is 25.1 Å². The zero-order valence-electron chi connectivity index (χ0n) is 17.4. The molecule has 0 saturated heterocycles. The molecule has 4 rings (SSSR count). The van der Waals surface area contributed by atoms with Crippen LogP contribution in [0, 0.1) is 0 Å². The SMILES string of the molecule is CC(NC(=O)OCC1c2ccccc2-c2ccccc21)C(=O)c1cc(N)ccc1C(=O)O. The van der Waals surface area contributed by atoms with Crippen LogP contribution in [0.3, 0.4) is 0 Å². The van der Waals surface area contributed by atoms with Crippen LogP contribution in [0.2, 0.25) is 0 Å². The van der Waals surface area contributed by atoms with Crippen LogP contribution in [0.5, 0.6) is 0 Å². The van der Waals surface area contributed by atoms with Gasteiger partial charge in [-0.3, -0.25) is 4.79 Å². The molecule has 0 heterocycles. The maximum atomic E-state index is 12.8. The van der Waals surface area contributed by atoms with Crippen LogP contribution in [0.15, 0.2) is 66.7 Å². The van der Waals surface area contributed by atoms with Crippen LogP contribution in [0.1, 0.15) is 44.7 Å². The average Bonchev–Trinajstić information content (AvgIpc) is 3.10. The lowest BCUT2D eigenvalue weighted by Crippen LogP contribution is -2.39. The third-order valence-corrected chi connectivity index (χ3v) is 5.61. The molecule has 3 aromatic rings. The average molecular weight is 430 g/mol. The Morgan fingerprint density at radius 3 is 2.16 bits per heavy atom. The third kappa shape index (κ3) is 3.92. The number of alkyl carbamates (subject to hydrolysis) is 1. The van der Waals surface area contributed by atoms with Gasteiger partial charge < -0.3 is 20.9 Å². The van der Waals surface area contributed by atoms with E-state index in [0.29, 0.717) is 0 Å². The van der Waals surface area contributed by atoms with E-state index in [1.807, 2.05) is 48.5 Å². The predicted octanol–water partition coefficient (Wildman–Crippen LogP) is 4.08. The van der Waals surface area contributed by atoms with E-state index in [2.05, 4.69) is 5.32 Å². The van der Waals surface area contributed by atoms with E-state index in [-0.39, 0.29) is 29.3 Å². The van der Waals surface area contributed by atoms with Crippen molar-refractivity contribution in [3.8, 4) is 11.1 Å². The maximum absolute atomic E-state index is 12.8. The van der Waals surface area contributed by atoms with E-state index in [4.69, 9.17) is 10.5 Å². The molecule has 0 spiro atoms. The summed E-state index contributed by atoms with van der Waals surface area (Å²) in [5.74, 6) is -1.92. The number of aromatic carboxylic acids is 1. The summed E-state index contributed by atoms with van der Waals surface area (Å²) in [5, 5.41) is 11.8. The van der Waals surface area contributed by atoms with Crippen LogP contribution < -0.4 is 11.1 Å². The van der Waals surface area contributed by atoms with Gasteiger partial charge in [-0.15, -0.1) is 0 Å². The Kier molecular flexibility index (Phi) is 5.64. The number of anilines is 1. The number of carbonyl (C=O) groups excluding carboxylic acids is 2. The number of rotatable bonds is 6. The molecule has 1 aliphatic rings. The lowest BCUT2D eigenvalue weighted by Gasteiger charge is -2.17. The van der Waals surface area contributed by atoms with Crippen molar-refractivity contribution in [3.63, 3.8) is 0 Å². The smallest absolute Gasteiger partial charge is 0.407 e. The number of carboxylic acid groups (broad SMARTS) is 1. The molecule has 7 nitrogen and oxygen atoms in total. The zero-order chi connectivity index (χ0) is 22.8. The highest BCUT2D eigenvalue weighted by Gasteiger charge is 2.29. The Bertz CT molecular complexity index is 1170. The number of nitrogens with one attached hydrogen (secondary N) is 1. The first-order chi connectivity index (χ1) is 15.4. The maximum Gasteiger partial charge on any atom is 0.407 e. The molecule has 0 fully saturated rings. The number of ketones is 1. The Morgan fingerprint density at radius 1 is 0.969 bits per heavy atom. The molecule has 0 aromatic heterocycles. The molecule has 0 saturated carbocycles. The number of hydrogen-bond donors (Lipinski definition) is 3. The van der Waals surface area contributed by atoms with Crippen LogP contribution in [0.4, 0.5) is 10.5 Å². The number of carboxylic acids is 1. The van der Waals surface area contributed by atoms with Gasteiger partial charge in [0, 0.05) is 17.2 Å². The molecule has 4 N–H and O–H groups in total. The van der Waals surface area contributed by atoms with Crippen molar-refractivity contribution in [2.45, 2.75) is 18.9 Å². The minimum absolute atomic E-state index is 0.0658. The topological polar surface area (TPSA) is 119 Å². The second-order valence-electron chi connectivity index (χ2n) is 7.67. The van der Waals surface area contributed by atoms with Gasteiger partial charge in [0.1, 0.15) is 6.61 Å². The van der Waals surface area contributed by atoms with Crippen molar-refractivity contribution >= 4 is 23.5 Å². The van der Waals surface area contributed by atoms with Crippen LogP contribution in [-0.2, 0) is 4.74 Å². The van der Waals surface area contributed by atoms with Gasteiger partial charge in [0.2, 0.25) is 0 Å². The van der Waals surface area contributed by atoms with E-state index >= 15 is 0 Å². The van der Waals surface area contributed by atoms with Crippen molar-refractivity contribution < 1.29 is 24.2 Å².